The van der Waals surface area contributed by atoms with Crippen molar-refractivity contribution in [3.05, 3.63) is 46.2 Å². The second kappa shape index (κ2) is 7.08. The Morgan fingerprint density at radius 3 is 2.57 bits per heavy atom. The fourth-order valence-electron chi connectivity index (χ4n) is 1.64. The smallest absolute Gasteiger partial charge is 0.263 e. The van der Waals surface area contributed by atoms with Gasteiger partial charge in [-0.3, -0.25) is 4.72 Å². The maximum absolute atomic E-state index is 12.3. The lowest BCUT2D eigenvalue weighted by molar-refractivity contribution is 0.601. The summed E-state index contributed by atoms with van der Waals surface area (Å²) in [5, 5.41) is 3.10. The van der Waals surface area contributed by atoms with Crippen LogP contribution in [0, 0.1) is 3.57 Å². The number of pyridine rings is 1. The van der Waals surface area contributed by atoms with Crippen LogP contribution in [-0.2, 0) is 10.0 Å². The average Bonchev–Trinajstić information content (AvgIpc) is 2.48. The van der Waals surface area contributed by atoms with Crippen molar-refractivity contribution in [1.29, 1.82) is 0 Å². The fourth-order valence-corrected chi connectivity index (χ4v) is 3.37. The minimum Gasteiger partial charge on any atom is -0.370 e. The summed E-state index contributed by atoms with van der Waals surface area (Å²) in [6, 6.07) is 10.4. The number of nitrogens with one attached hydrogen (secondary N) is 2. The van der Waals surface area contributed by atoms with Crippen LogP contribution in [0.1, 0.15) is 13.3 Å². The summed E-state index contributed by atoms with van der Waals surface area (Å²) in [7, 11) is -3.62. The first-order valence-corrected chi connectivity index (χ1v) is 9.06. The molecule has 0 amide bonds. The molecule has 0 radical (unpaired) electrons. The Bertz CT molecular complexity index is 702. The molecule has 0 aliphatic carbocycles. The molecule has 1 aromatic heterocycles. The van der Waals surface area contributed by atoms with Crippen molar-refractivity contribution in [2.45, 2.75) is 18.2 Å². The van der Waals surface area contributed by atoms with Gasteiger partial charge in [-0.1, -0.05) is 19.1 Å². The number of nitrogens with zero attached hydrogens (tertiary/aromatic N) is 1. The lowest BCUT2D eigenvalue weighted by Crippen LogP contribution is -2.14. The highest BCUT2D eigenvalue weighted by molar-refractivity contribution is 14.1. The first-order chi connectivity index (χ1) is 10.0. The van der Waals surface area contributed by atoms with Gasteiger partial charge in [-0.25, -0.2) is 13.4 Å². The summed E-state index contributed by atoms with van der Waals surface area (Å²) < 4.78 is 28.0. The van der Waals surface area contributed by atoms with Gasteiger partial charge >= 0.3 is 0 Å². The molecule has 112 valence electrons. The molecule has 0 spiro atoms. The maximum atomic E-state index is 12.3. The van der Waals surface area contributed by atoms with Crippen LogP contribution >= 0.6 is 22.6 Å². The van der Waals surface area contributed by atoms with Crippen LogP contribution in [0.5, 0.6) is 0 Å². The maximum Gasteiger partial charge on any atom is 0.263 e. The molecule has 0 saturated carbocycles. The van der Waals surface area contributed by atoms with Crippen molar-refractivity contribution in [1.82, 2.24) is 4.98 Å². The minimum absolute atomic E-state index is 0.143. The quantitative estimate of drug-likeness (QED) is 0.708. The molecule has 0 unspecified atom stereocenters. The first kappa shape index (κ1) is 16.0. The number of sulfonamides is 1. The van der Waals surface area contributed by atoms with Gasteiger partial charge in [0.2, 0.25) is 0 Å². The molecule has 1 heterocycles. The Labute approximate surface area is 138 Å². The van der Waals surface area contributed by atoms with Crippen LogP contribution in [0.25, 0.3) is 0 Å². The van der Waals surface area contributed by atoms with Crippen LogP contribution in [0.3, 0.4) is 0 Å². The third-order valence-electron chi connectivity index (χ3n) is 2.72. The van der Waals surface area contributed by atoms with Crippen LogP contribution in [0.4, 0.5) is 11.5 Å². The Morgan fingerprint density at radius 1 is 1.19 bits per heavy atom. The molecule has 0 aliphatic heterocycles. The topological polar surface area (TPSA) is 71.1 Å². The largest absolute Gasteiger partial charge is 0.370 e. The molecule has 5 nitrogen and oxygen atoms in total. The van der Waals surface area contributed by atoms with Crippen molar-refractivity contribution in [3.63, 3.8) is 0 Å². The summed E-state index contributed by atoms with van der Waals surface area (Å²) in [5.74, 6) is 0.671. The van der Waals surface area contributed by atoms with Crippen molar-refractivity contribution in [2.24, 2.45) is 0 Å². The van der Waals surface area contributed by atoms with Gasteiger partial charge in [0.15, 0.2) is 0 Å². The predicted molar refractivity (Wildman–Crippen MR) is 93.0 cm³/mol. The van der Waals surface area contributed by atoms with Crippen LogP contribution < -0.4 is 10.0 Å². The summed E-state index contributed by atoms with van der Waals surface area (Å²) in [6.45, 7) is 2.86. The molecular weight excluding hydrogens is 401 g/mol. The standard InChI is InChI=1S/C14H16IN3O2S/c1-2-9-16-14-8-7-11(10-17-14)21(19,20)18-13-6-4-3-5-12(13)15/h3-8,10,18H,2,9H2,1H3,(H,16,17). The lowest BCUT2D eigenvalue weighted by Gasteiger charge is -2.10. The van der Waals surface area contributed by atoms with Crippen molar-refractivity contribution >= 4 is 44.1 Å². The number of hydrogen-bond acceptors (Lipinski definition) is 4. The molecule has 2 rings (SSSR count). The van der Waals surface area contributed by atoms with Crippen LogP contribution in [0.2, 0.25) is 0 Å². The molecule has 2 aromatic rings. The zero-order chi connectivity index (χ0) is 15.3. The number of anilines is 2. The molecule has 0 bridgehead atoms. The van der Waals surface area contributed by atoms with E-state index in [1.807, 2.05) is 12.1 Å². The number of benzene rings is 1. The van der Waals surface area contributed by atoms with Gasteiger partial charge in [0.25, 0.3) is 10.0 Å². The number of hydrogen-bond donors (Lipinski definition) is 2. The number of para-hydroxylation sites is 1. The van der Waals surface area contributed by atoms with Crippen LogP contribution in [-0.4, -0.2) is 19.9 Å². The van der Waals surface area contributed by atoms with E-state index >= 15 is 0 Å². The third-order valence-corrected chi connectivity index (χ3v) is 5.01. The van der Waals surface area contributed by atoms with E-state index in [4.69, 9.17) is 0 Å². The van der Waals surface area contributed by atoms with Crippen molar-refractivity contribution in [3.8, 4) is 0 Å². The van der Waals surface area contributed by atoms with E-state index in [1.54, 1.807) is 24.3 Å². The van der Waals surface area contributed by atoms with E-state index in [1.165, 1.54) is 6.20 Å². The highest BCUT2D eigenvalue weighted by Crippen LogP contribution is 2.21. The molecule has 0 aliphatic rings. The van der Waals surface area contributed by atoms with Gasteiger partial charge in [0.1, 0.15) is 10.7 Å². The highest BCUT2D eigenvalue weighted by atomic mass is 127. The molecule has 0 atom stereocenters. The summed E-state index contributed by atoms with van der Waals surface area (Å²) in [4.78, 5) is 4.26. The zero-order valence-corrected chi connectivity index (χ0v) is 14.5. The average molecular weight is 417 g/mol. The molecule has 21 heavy (non-hydrogen) atoms. The minimum atomic E-state index is -3.62. The summed E-state index contributed by atoms with van der Waals surface area (Å²) in [6.07, 6.45) is 2.34. The number of rotatable bonds is 6. The summed E-state index contributed by atoms with van der Waals surface area (Å²) >= 11 is 2.09. The van der Waals surface area contributed by atoms with E-state index in [0.717, 1.165) is 16.5 Å². The SMILES string of the molecule is CCCNc1ccc(S(=O)(=O)Nc2ccccc2I)cn1. The van der Waals surface area contributed by atoms with E-state index in [9.17, 15) is 8.42 Å². The molecule has 0 fully saturated rings. The Kier molecular flexibility index (Phi) is 5.40. The third kappa shape index (κ3) is 4.31. The first-order valence-electron chi connectivity index (χ1n) is 6.50. The predicted octanol–water partition coefficient (Wildman–Crippen LogP) is 3.31. The van der Waals surface area contributed by atoms with Gasteiger partial charge in [-0.05, 0) is 53.3 Å². The molecule has 0 saturated heterocycles. The van der Waals surface area contributed by atoms with Crippen molar-refractivity contribution < 1.29 is 8.42 Å². The van der Waals surface area contributed by atoms with Gasteiger partial charge in [0.05, 0.1) is 5.69 Å². The summed E-state index contributed by atoms with van der Waals surface area (Å²) in [5.41, 5.74) is 0.561. The molecule has 7 heteroatoms. The Hall–Kier alpha value is -1.35. The van der Waals surface area contributed by atoms with Gasteiger partial charge < -0.3 is 5.32 Å². The zero-order valence-electron chi connectivity index (χ0n) is 11.5. The van der Waals surface area contributed by atoms with Crippen LogP contribution in [0.15, 0.2) is 47.5 Å². The van der Waals surface area contributed by atoms with E-state index in [0.29, 0.717) is 11.5 Å². The second-order valence-corrected chi connectivity index (χ2v) is 7.24. The fraction of sp³-hybridized carbons (Fsp3) is 0.214. The Balaban J connectivity index is 2.18. The number of halogens is 1. The van der Waals surface area contributed by atoms with Gasteiger partial charge in [-0.2, -0.15) is 0 Å². The van der Waals surface area contributed by atoms with E-state index < -0.39 is 10.0 Å². The van der Waals surface area contributed by atoms with E-state index in [-0.39, 0.29) is 4.90 Å². The monoisotopic (exact) mass is 417 g/mol. The molecule has 1 aromatic carbocycles. The van der Waals surface area contributed by atoms with E-state index in [2.05, 4.69) is 44.5 Å². The van der Waals surface area contributed by atoms with Crippen molar-refractivity contribution in [2.75, 3.05) is 16.6 Å². The Morgan fingerprint density at radius 2 is 1.95 bits per heavy atom. The highest BCUT2D eigenvalue weighted by Gasteiger charge is 2.15. The molecule has 2 N–H and O–H groups in total. The van der Waals surface area contributed by atoms with Gasteiger partial charge in [0, 0.05) is 16.3 Å². The van der Waals surface area contributed by atoms with Gasteiger partial charge in [-0.15, -0.1) is 0 Å². The normalized spacial score (nSPS) is 11.1. The lowest BCUT2D eigenvalue weighted by atomic mass is 10.3. The second-order valence-electron chi connectivity index (χ2n) is 4.39. The molecular formula is C14H16IN3O2S. The number of aromatic nitrogens is 1.